The van der Waals surface area contributed by atoms with E-state index in [1.165, 1.54) is 13.3 Å². The topological polar surface area (TPSA) is 173 Å². The molecule has 41 heavy (non-hydrogen) atoms. The lowest BCUT2D eigenvalue weighted by Crippen LogP contribution is -2.35. The fraction of sp³-hybridized carbons (Fsp3) is 0.333. The second-order valence-electron chi connectivity index (χ2n) is 9.57. The number of benzene rings is 2. The number of aryl methyl sites for hydroxylation is 1. The van der Waals surface area contributed by atoms with E-state index in [1.54, 1.807) is 41.8 Å². The lowest BCUT2D eigenvalue weighted by atomic mass is 10.2. The molecule has 1 aliphatic rings. The van der Waals surface area contributed by atoms with Crippen molar-refractivity contribution in [3.05, 3.63) is 78.4 Å². The van der Waals surface area contributed by atoms with Crippen LogP contribution in [0.3, 0.4) is 0 Å². The Morgan fingerprint density at radius 1 is 1.20 bits per heavy atom. The third kappa shape index (κ3) is 6.89. The summed E-state index contributed by atoms with van der Waals surface area (Å²) >= 11 is 0. The molecule has 2 unspecified atom stereocenters. The minimum atomic E-state index is -4.12. The molecule has 3 heterocycles. The Morgan fingerprint density at radius 3 is 2.63 bits per heavy atom. The summed E-state index contributed by atoms with van der Waals surface area (Å²) in [7, 11) is -4.12. The number of nitrogens with zero attached hydrogens (tertiary/aromatic N) is 4. The maximum atomic E-state index is 13.8. The van der Waals surface area contributed by atoms with Crippen LogP contribution in [0, 0.1) is 6.92 Å². The van der Waals surface area contributed by atoms with Crippen molar-refractivity contribution in [1.29, 1.82) is 0 Å². The Morgan fingerprint density at radius 2 is 1.90 bits per heavy atom. The molecule has 13 nitrogen and oxygen atoms in total. The summed E-state index contributed by atoms with van der Waals surface area (Å²) in [5, 5.41) is 13.4. The van der Waals surface area contributed by atoms with Gasteiger partial charge < -0.3 is 24.8 Å². The Kier molecular flexibility index (Phi) is 8.62. The van der Waals surface area contributed by atoms with Gasteiger partial charge in [-0.05, 0) is 31.5 Å². The largest absolute Gasteiger partial charge is 0.460 e. The summed E-state index contributed by atoms with van der Waals surface area (Å²) in [6, 6.07) is 16.6. The Bertz CT molecular complexity index is 1540. The molecule has 5 atom stereocenters. The number of nitrogens with two attached hydrogens (primary N) is 1. The molecule has 0 saturated carbocycles. The van der Waals surface area contributed by atoms with E-state index in [1.807, 2.05) is 30.3 Å². The molecule has 14 heteroatoms. The van der Waals surface area contributed by atoms with Crippen molar-refractivity contribution in [3.8, 4) is 5.75 Å². The number of hydrogen-bond acceptors (Lipinski definition) is 11. The van der Waals surface area contributed by atoms with Gasteiger partial charge in [-0.25, -0.2) is 19.5 Å². The first-order valence-electron chi connectivity index (χ1n) is 13.0. The Hall–Kier alpha value is -3.87. The van der Waals surface area contributed by atoms with Crippen molar-refractivity contribution in [1.82, 2.24) is 24.6 Å². The molecule has 0 radical (unpaired) electrons. The third-order valence-corrected chi connectivity index (χ3v) is 7.97. The van der Waals surface area contributed by atoms with Crippen LogP contribution in [0.4, 0.5) is 5.82 Å². The van der Waals surface area contributed by atoms with E-state index in [0.717, 1.165) is 5.56 Å². The fourth-order valence-corrected chi connectivity index (χ4v) is 5.88. The van der Waals surface area contributed by atoms with Crippen molar-refractivity contribution in [2.75, 3.05) is 12.3 Å². The molecular formula is C27H31N6O7P. The number of para-hydroxylation sites is 1. The van der Waals surface area contributed by atoms with Gasteiger partial charge in [-0.15, -0.1) is 0 Å². The van der Waals surface area contributed by atoms with Crippen molar-refractivity contribution >= 4 is 30.7 Å². The number of hydrogen-bond donors (Lipinski definition) is 3. The number of imidazole rings is 1. The first-order valence-corrected chi connectivity index (χ1v) is 14.5. The number of ether oxygens (including phenoxy) is 2. The van der Waals surface area contributed by atoms with Crippen LogP contribution in [-0.4, -0.2) is 55.5 Å². The standard InChI is InChI=1S/C27H31N6O7P/c1-17(27(35)37-14-19-9-5-3-6-10-19)32-41(36,40-20-11-7-4-8-12-20)38-15-21-13-22(34)26(39-21)33-16-29-23-24(28)30-18(2)31-25(23)33/h3-12,16-17,21-22,26,34H,13-15H2,1-2H3,(H,32,36)(H2,28,30,31)/t17-,21-,22-,26?,41?/m0/s1. The highest BCUT2D eigenvalue weighted by Gasteiger charge is 2.39. The normalized spacial score (nSPS) is 20.9. The summed E-state index contributed by atoms with van der Waals surface area (Å²) in [6.07, 6.45) is -0.796. The van der Waals surface area contributed by atoms with E-state index >= 15 is 0 Å². The minimum Gasteiger partial charge on any atom is -0.460 e. The molecular weight excluding hydrogens is 551 g/mol. The maximum Gasteiger partial charge on any atom is 0.459 e. The highest BCUT2D eigenvalue weighted by molar-refractivity contribution is 7.52. The van der Waals surface area contributed by atoms with Crippen molar-refractivity contribution in [2.45, 2.75) is 51.4 Å². The van der Waals surface area contributed by atoms with Crippen molar-refractivity contribution in [2.24, 2.45) is 0 Å². The Balaban J connectivity index is 1.26. The van der Waals surface area contributed by atoms with Crippen LogP contribution in [0.5, 0.6) is 5.75 Å². The minimum absolute atomic E-state index is 0.0601. The second kappa shape index (κ2) is 12.3. The molecule has 5 rings (SSSR count). The number of nitrogen functional groups attached to an aromatic ring is 1. The highest BCUT2D eigenvalue weighted by Crippen LogP contribution is 2.46. The quantitative estimate of drug-likeness (QED) is 0.174. The zero-order valence-corrected chi connectivity index (χ0v) is 23.4. The van der Waals surface area contributed by atoms with Crippen molar-refractivity contribution < 1.29 is 33.0 Å². The van der Waals surface area contributed by atoms with E-state index in [-0.39, 0.29) is 31.2 Å². The number of rotatable bonds is 11. The monoisotopic (exact) mass is 582 g/mol. The smallest absolute Gasteiger partial charge is 0.459 e. The van der Waals surface area contributed by atoms with Gasteiger partial charge in [0.05, 0.1) is 19.0 Å². The average molecular weight is 583 g/mol. The van der Waals surface area contributed by atoms with Crippen LogP contribution in [0.2, 0.25) is 0 Å². The second-order valence-corrected chi connectivity index (χ2v) is 11.3. The van der Waals surface area contributed by atoms with Crippen LogP contribution in [0.25, 0.3) is 11.2 Å². The van der Waals surface area contributed by atoms with Crippen LogP contribution in [0.15, 0.2) is 67.0 Å². The molecule has 1 saturated heterocycles. The van der Waals surface area contributed by atoms with Gasteiger partial charge in [0.25, 0.3) is 0 Å². The summed E-state index contributed by atoms with van der Waals surface area (Å²) in [4.78, 5) is 25.4. The molecule has 1 aliphatic heterocycles. The summed E-state index contributed by atoms with van der Waals surface area (Å²) in [5.74, 6) is 0.312. The van der Waals surface area contributed by atoms with Gasteiger partial charge in [-0.2, -0.15) is 5.09 Å². The van der Waals surface area contributed by atoms with Crippen molar-refractivity contribution in [3.63, 3.8) is 0 Å². The first kappa shape index (κ1) is 28.7. The van der Waals surface area contributed by atoms with Crippen LogP contribution >= 0.6 is 7.75 Å². The average Bonchev–Trinajstić information content (AvgIpc) is 3.54. The number of nitrogens with one attached hydrogen (secondary N) is 1. The number of esters is 1. The molecule has 4 aromatic rings. The zero-order chi connectivity index (χ0) is 29.0. The number of carbonyl (C=O) groups excluding carboxylic acids is 1. The Labute approximate surface area is 236 Å². The van der Waals surface area contributed by atoms with E-state index in [4.69, 9.17) is 24.3 Å². The molecule has 2 aromatic heterocycles. The lowest BCUT2D eigenvalue weighted by Gasteiger charge is -2.24. The number of aromatic nitrogens is 4. The van der Waals surface area contributed by atoms with E-state index in [2.05, 4.69) is 20.0 Å². The van der Waals surface area contributed by atoms with E-state index in [9.17, 15) is 14.5 Å². The van der Waals surface area contributed by atoms with Gasteiger partial charge in [-0.3, -0.25) is 13.9 Å². The number of carbonyl (C=O) groups is 1. The number of anilines is 1. The lowest BCUT2D eigenvalue weighted by molar-refractivity contribution is -0.146. The number of aliphatic hydroxyl groups is 1. The molecule has 0 amide bonds. The molecule has 2 aromatic carbocycles. The molecule has 0 spiro atoms. The molecule has 1 fully saturated rings. The summed E-state index contributed by atoms with van der Waals surface area (Å²) in [5.41, 5.74) is 7.59. The number of fused-ring (bicyclic) bond motifs is 1. The van der Waals surface area contributed by atoms with Crippen LogP contribution in [0.1, 0.15) is 31.0 Å². The third-order valence-electron chi connectivity index (χ3n) is 6.33. The SMILES string of the molecule is Cc1nc(N)c2ncn(C3O[C@H](COP(=O)(N[C@@H](C)C(=O)OCc4ccccc4)Oc4ccccc4)C[C@@H]3O)c2n1. The van der Waals surface area contributed by atoms with Gasteiger partial charge >= 0.3 is 13.7 Å². The zero-order valence-electron chi connectivity index (χ0n) is 22.5. The summed E-state index contributed by atoms with van der Waals surface area (Å²) < 4.78 is 38.3. The molecule has 0 aliphatic carbocycles. The van der Waals surface area contributed by atoms with Gasteiger partial charge in [-0.1, -0.05) is 48.5 Å². The number of aliphatic hydroxyl groups excluding tert-OH is 1. The van der Waals surface area contributed by atoms with Gasteiger partial charge in [0.2, 0.25) is 0 Å². The first-order chi connectivity index (χ1) is 19.7. The predicted octanol–water partition coefficient (Wildman–Crippen LogP) is 3.29. The summed E-state index contributed by atoms with van der Waals surface area (Å²) in [6.45, 7) is 3.05. The van der Waals surface area contributed by atoms with Crippen LogP contribution in [-0.2, 0) is 30.0 Å². The molecule has 4 N–H and O–H groups in total. The van der Waals surface area contributed by atoms with Crippen LogP contribution < -0.4 is 15.3 Å². The molecule has 216 valence electrons. The van der Waals surface area contributed by atoms with E-state index < -0.39 is 38.2 Å². The maximum absolute atomic E-state index is 13.8. The van der Waals surface area contributed by atoms with E-state index in [0.29, 0.717) is 17.0 Å². The van der Waals surface area contributed by atoms with Gasteiger partial charge in [0.1, 0.15) is 35.8 Å². The highest BCUT2D eigenvalue weighted by atomic mass is 31.2. The van der Waals surface area contributed by atoms with Gasteiger partial charge in [0, 0.05) is 6.42 Å². The molecule has 0 bridgehead atoms. The predicted molar refractivity (Wildman–Crippen MR) is 148 cm³/mol. The fourth-order valence-electron chi connectivity index (χ4n) is 4.36. The van der Waals surface area contributed by atoms with Gasteiger partial charge in [0.15, 0.2) is 17.7 Å².